The first kappa shape index (κ1) is 36.8. The zero-order valence-electron chi connectivity index (χ0n) is 18.3. The van der Waals surface area contributed by atoms with Gasteiger partial charge in [-0.1, -0.05) is 63.6 Å². The van der Waals surface area contributed by atoms with Crippen molar-refractivity contribution < 1.29 is 28.5 Å². The van der Waals surface area contributed by atoms with Gasteiger partial charge in [0.1, 0.15) is 5.69 Å². The molecule has 0 aliphatic carbocycles. The van der Waals surface area contributed by atoms with Crippen molar-refractivity contribution in [1.29, 1.82) is 0 Å². The number of primary sulfonamides is 1. The normalized spacial score (nSPS) is 9.14. The molecule has 0 saturated carbocycles. The quantitative estimate of drug-likeness (QED) is 0.286. The SMILES string of the molecule is C.CCC.NC(O)=S.NC(O)=S.NS(=O)(=O)c1ccccc1-c1ocnc1-c1ccc(Cl)cc1.O. The van der Waals surface area contributed by atoms with Gasteiger partial charge in [0, 0.05) is 16.1 Å². The summed E-state index contributed by atoms with van der Waals surface area (Å²) < 4.78 is 28.9. The monoisotopic (exact) mass is 566 g/mol. The van der Waals surface area contributed by atoms with Gasteiger partial charge < -0.3 is 31.6 Å². The first-order valence-electron chi connectivity index (χ1n) is 9.13. The van der Waals surface area contributed by atoms with Crippen LogP contribution in [0.3, 0.4) is 0 Å². The molecular weight excluding hydrogens is 536 g/mol. The lowest BCUT2D eigenvalue weighted by molar-refractivity contribution is 0.559. The summed E-state index contributed by atoms with van der Waals surface area (Å²) in [5, 5.41) is 20.0. The fourth-order valence-corrected chi connectivity index (χ4v) is 3.01. The van der Waals surface area contributed by atoms with E-state index in [2.05, 4.69) is 54.7 Å². The van der Waals surface area contributed by atoms with E-state index in [0.29, 0.717) is 22.0 Å². The number of nitrogens with two attached hydrogens (primary N) is 3. The standard InChI is InChI=1S/C15H11ClN2O3S.C3H8.2CH3NOS.CH4.H2O/c16-11-7-5-10(6-8-11)14-15(21-9-18-14)12-3-1-2-4-13(12)22(17,19)20;1-3-2;2*2-1(3)4;;/h1-9H,(H2,17,19,20);3H2,1-2H3;2*(H3,2,3,4);1H4;1H2. The number of benzene rings is 2. The van der Waals surface area contributed by atoms with E-state index in [1.165, 1.54) is 18.9 Å². The second-order valence-corrected chi connectivity index (χ2v) is 8.76. The van der Waals surface area contributed by atoms with Crippen molar-refractivity contribution in [3.8, 4) is 22.6 Å². The molecule has 0 amide bonds. The van der Waals surface area contributed by atoms with E-state index in [4.69, 9.17) is 31.4 Å². The third-order valence-corrected chi connectivity index (χ3v) is 4.34. The average Bonchev–Trinajstić information content (AvgIpc) is 3.17. The van der Waals surface area contributed by atoms with Gasteiger partial charge in [0.05, 0.1) is 4.90 Å². The molecule has 0 aliphatic heterocycles. The summed E-state index contributed by atoms with van der Waals surface area (Å²) in [5.41, 5.74) is 10.4. The van der Waals surface area contributed by atoms with Crippen molar-refractivity contribution in [3.63, 3.8) is 0 Å². The van der Waals surface area contributed by atoms with Crippen molar-refractivity contribution in [2.45, 2.75) is 32.6 Å². The van der Waals surface area contributed by atoms with Gasteiger partial charge in [-0.25, -0.2) is 18.5 Å². The van der Waals surface area contributed by atoms with E-state index in [-0.39, 0.29) is 17.8 Å². The maximum atomic E-state index is 11.7. The van der Waals surface area contributed by atoms with Crippen molar-refractivity contribution in [2.24, 2.45) is 16.6 Å². The number of hydrogen-bond acceptors (Lipinski definition) is 6. The van der Waals surface area contributed by atoms with Crippen molar-refractivity contribution in [2.75, 3.05) is 0 Å². The number of thiocarbonyl (C=S) groups is 2. The van der Waals surface area contributed by atoms with E-state index >= 15 is 0 Å². The molecule has 0 atom stereocenters. The molecular formula is C21H31ClN4O6S3. The van der Waals surface area contributed by atoms with E-state index < -0.39 is 20.4 Å². The Morgan fingerprint density at radius 2 is 1.46 bits per heavy atom. The molecule has 35 heavy (non-hydrogen) atoms. The Kier molecular flexibility index (Phi) is 19.4. The Hall–Kier alpha value is -2.81. The second kappa shape index (κ2) is 18.5. The number of hydrogen-bond donors (Lipinski definition) is 5. The number of aromatic nitrogens is 1. The van der Waals surface area contributed by atoms with Crippen LogP contribution in [0.1, 0.15) is 27.7 Å². The topological polar surface area (TPSA) is 210 Å². The number of aliphatic hydroxyl groups excluding tert-OH is 2. The highest BCUT2D eigenvalue weighted by Gasteiger charge is 2.20. The van der Waals surface area contributed by atoms with Crippen LogP contribution in [0.25, 0.3) is 22.6 Å². The van der Waals surface area contributed by atoms with E-state index in [1.807, 2.05) is 0 Å². The van der Waals surface area contributed by atoms with Crippen LogP contribution in [-0.4, -0.2) is 39.4 Å². The molecule has 0 fully saturated rings. The molecule has 10 N–H and O–H groups in total. The zero-order chi connectivity index (χ0) is 25.6. The van der Waals surface area contributed by atoms with Crippen LogP contribution in [0.2, 0.25) is 5.02 Å². The number of oxazole rings is 1. The molecule has 0 saturated heterocycles. The summed E-state index contributed by atoms with van der Waals surface area (Å²) in [5.74, 6) is 0.340. The third kappa shape index (κ3) is 14.9. The second-order valence-electron chi connectivity index (χ2n) is 5.96. The smallest absolute Gasteiger partial charge is 0.251 e. The number of sulfonamides is 1. The molecule has 1 aromatic heterocycles. The minimum atomic E-state index is -3.87. The van der Waals surface area contributed by atoms with Crippen LogP contribution < -0.4 is 16.6 Å². The maximum absolute atomic E-state index is 11.7. The van der Waals surface area contributed by atoms with Gasteiger partial charge in [-0.2, -0.15) is 0 Å². The Morgan fingerprint density at radius 3 is 1.89 bits per heavy atom. The number of nitrogens with zero attached hydrogens (tertiary/aromatic N) is 1. The lowest BCUT2D eigenvalue weighted by Gasteiger charge is -2.07. The van der Waals surface area contributed by atoms with Gasteiger partial charge in [-0.05, 0) is 48.7 Å². The molecule has 2 aromatic carbocycles. The average molecular weight is 567 g/mol. The first-order chi connectivity index (χ1) is 15.3. The predicted molar refractivity (Wildman–Crippen MR) is 149 cm³/mol. The van der Waals surface area contributed by atoms with E-state index in [9.17, 15) is 8.42 Å². The molecule has 14 heteroatoms. The molecule has 0 aliphatic rings. The number of aliphatic hydroxyl groups is 2. The lowest BCUT2D eigenvalue weighted by atomic mass is 10.1. The lowest BCUT2D eigenvalue weighted by Crippen LogP contribution is -2.13. The van der Waals surface area contributed by atoms with Crippen LogP contribution >= 0.6 is 36.0 Å². The highest BCUT2D eigenvalue weighted by Crippen LogP contribution is 2.34. The third-order valence-electron chi connectivity index (χ3n) is 3.12. The molecule has 1 heterocycles. The summed E-state index contributed by atoms with van der Waals surface area (Å²) in [6.07, 6.45) is 2.51. The van der Waals surface area contributed by atoms with Crippen LogP contribution in [0, 0.1) is 0 Å². The fraction of sp³-hybridized carbons (Fsp3) is 0.190. The molecule has 196 valence electrons. The summed E-state index contributed by atoms with van der Waals surface area (Å²) in [6.45, 7) is 4.25. The molecule has 3 rings (SSSR count). The van der Waals surface area contributed by atoms with E-state index in [1.54, 1.807) is 42.5 Å². The first-order valence-corrected chi connectivity index (χ1v) is 11.9. The van der Waals surface area contributed by atoms with Gasteiger partial charge in [0.25, 0.3) is 10.3 Å². The van der Waals surface area contributed by atoms with Crippen LogP contribution in [0.15, 0.2) is 64.2 Å². The summed E-state index contributed by atoms with van der Waals surface area (Å²) >= 11 is 13.6. The van der Waals surface area contributed by atoms with E-state index in [0.717, 1.165) is 5.56 Å². The molecule has 3 aromatic rings. The summed E-state index contributed by atoms with van der Waals surface area (Å²) in [6, 6.07) is 13.4. The Balaban J connectivity index is -0.000000673. The Bertz CT molecular complexity index is 1120. The zero-order valence-corrected chi connectivity index (χ0v) is 21.5. The fourth-order valence-electron chi connectivity index (χ4n) is 2.15. The molecule has 0 radical (unpaired) electrons. The Labute approximate surface area is 221 Å². The minimum absolute atomic E-state index is 0. The van der Waals surface area contributed by atoms with Crippen molar-refractivity contribution in [1.82, 2.24) is 4.98 Å². The molecule has 0 bridgehead atoms. The van der Waals surface area contributed by atoms with Crippen molar-refractivity contribution in [3.05, 3.63) is 59.9 Å². The van der Waals surface area contributed by atoms with Crippen LogP contribution in [0.4, 0.5) is 0 Å². The van der Waals surface area contributed by atoms with Gasteiger partial charge in [-0.15, -0.1) is 0 Å². The highest BCUT2D eigenvalue weighted by atomic mass is 35.5. The van der Waals surface area contributed by atoms with Crippen LogP contribution in [-0.2, 0) is 10.0 Å². The summed E-state index contributed by atoms with van der Waals surface area (Å²) in [7, 11) is -3.87. The van der Waals surface area contributed by atoms with Crippen molar-refractivity contribution >= 4 is 56.4 Å². The minimum Gasteiger partial charge on any atom is -0.487 e. The Morgan fingerprint density at radius 1 is 1.03 bits per heavy atom. The van der Waals surface area contributed by atoms with Gasteiger partial charge >= 0.3 is 0 Å². The molecule has 10 nitrogen and oxygen atoms in total. The number of halogens is 1. The van der Waals surface area contributed by atoms with Crippen LogP contribution in [0.5, 0.6) is 0 Å². The maximum Gasteiger partial charge on any atom is 0.251 e. The number of rotatable bonds is 3. The van der Waals surface area contributed by atoms with Gasteiger partial charge in [0.2, 0.25) is 10.0 Å². The largest absolute Gasteiger partial charge is 0.487 e. The van der Waals surface area contributed by atoms with Gasteiger partial charge in [0.15, 0.2) is 12.2 Å². The van der Waals surface area contributed by atoms with Gasteiger partial charge in [-0.3, -0.25) is 0 Å². The highest BCUT2D eigenvalue weighted by molar-refractivity contribution is 7.89. The summed E-state index contributed by atoms with van der Waals surface area (Å²) in [4.78, 5) is 4.16. The molecule has 0 unspecified atom stereocenters. The predicted octanol–water partition coefficient (Wildman–Crippen LogP) is 4.11. The molecule has 0 spiro atoms.